The van der Waals surface area contributed by atoms with Gasteiger partial charge in [0.2, 0.25) is 5.91 Å². The van der Waals surface area contributed by atoms with Gasteiger partial charge in [-0.15, -0.1) is 0 Å². The van der Waals surface area contributed by atoms with Gasteiger partial charge >= 0.3 is 5.97 Å². The number of carbonyl (C=O) groups is 2. The zero-order chi connectivity index (χ0) is 23.3. The molecule has 0 spiro atoms. The molecule has 0 aliphatic carbocycles. The Morgan fingerprint density at radius 2 is 1.75 bits per heavy atom. The summed E-state index contributed by atoms with van der Waals surface area (Å²) in [7, 11) is 0. The lowest BCUT2D eigenvalue weighted by atomic mass is 9.95. The third kappa shape index (κ3) is 6.26. The maximum atomic E-state index is 11.1. The normalized spacial score (nSPS) is 11.4. The lowest BCUT2D eigenvalue weighted by Crippen LogP contribution is -2.19. The van der Waals surface area contributed by atoms with Crippen LogP contribution in [-0.4, -0.2) is 28.0 Å². The van der Waals surface area contributed by atoms with Crippen molar-refractivity contribution in [3.05, 3.63) is 48.3 Å². The molecule has 3 rings (SSSR count). The van der Waals surface area contributed by atoms with Gasteiger partial charge in [0.25, 0.3) is 0 Å². The van der Waals surface area contributed by atoms with Crippen molar-refractivity contribution < 1.29 is 14.3 Å². The van der Waals surface area contributed by atoms with Gasteiger partial charge in [-0.3, -0.25) is 9.59 Å². The first kappa shape index (κ1) is 23.7. The molecule has 0 atom stereocenters. The van der Waals surface area contributed by atoms with Crippen molar-refractivity contribution in [2.24, 2.45) is 0 Å². The molecule has 0 bridgehead atoms. The summed E-state index contributed by atoms with van der Waals surface area (Å²) < 4.78 is 10.7. The summed E-state index contributed by atoms with van der Waals surface area (Å²) in [5, 5.41) is 2.77. The molecule has 0 aliphatic rings. The van der Waals surface area contributed by atoms with Crippen molar-refractivity contribution >= 4 is 46.2 Å². The molecule has 7 nitrogen and oxygen atoms in total. The molecule has 0 aliphatic heterocycles. The minimum absolute atomic E-state index is 0.0859. The second-order valence-electron chi connectivity index (χ2n) is 8.64. The van der Waals surface area contributed by atoms with Crippen LogP contribution in [0.4, 0.5) is 11.4 Å². The first-order valence-corrected chi connectivity index (χ1v) is 11.4. The molecule has 0 unspecified atom stereocenters. The maximum absolute atomic E-state index is 11.1. The molecule has 32 heavy (non-hydrogen) atoms. The van der Waals surface area contributed by atoms with Gasteiger partial charge in [-0.25, -0.2) is 4.98 Å². The zero-order valence-corrected chi connectivity index (χ0v) is 20.0. The number of rotatable bonds is 8. The van der Waals surface area contributed by atoms with Gasteiger partial charge in [0, 0.05) is 42.1 Å². The molecule has 3 aromatic rings. The fourth-order valence-corrected chi connectivity index (χ4v) is 3.99. The van der Waals surface area contributed by atoms with E-state index in [1.54, 1.807) is 0 Å². The highest BCUT2D eigenvalue weighted by molar-refractivity contribution is 8.00. The van der Waals surface area contributed by atoms with Crippen molar-refractivity contribution in [3.8, 4) is 0 Å². The number of fused-ring (bicyclic) bond motifs is 1. The number of benzene rings is 2. The lowest BCUT2D eigenvalue weighted by molar-refractivity contribution is -0.141. The van der Waals surface area contributed by atoms with Crippen molar-refractivity contribution in [1.29, 1.82) is 0 Å². The zero-order valence-electron chi connectivity index (χ0n) is 19.2. The summed E-state index contributed by atoms with van der Waals surface area (Å²) in [6.45, 7) is 10.5. The van der Waals surface area contributed by atoms with E-state index in [0.29, 0.717) is 6.61 Å². The minimum atomic E-state index is -0.255. The van der Waals surface area contributed by atoms with Crippen molar-refractivity contribution in [3.63, 3.8) is 0 Å². The van der Waals surface area contributed by atoms with E-state index in [-0.39, 0.29) is 17.3 Å². The second kappa shape index (κ2) is 10.1. The second-order valence-corrected chi connectivity index (χ2v) is 9.52. The van der Waals surface area contributed by atoms with Crippen molar-refractivity contribution in [2.75, 3.05) is 16.6 Å². The quantitative estimate of drug-likeness (QED) is 0.271. The Morgan fingerprint density at radius 1 is 1.06 bits per heavy atom. The molecular formula is C24H30N4O3S. The van der Waals surface area contributed by atoms with E-state index < -0.39 is 0 Å². The van der Waals surface area contributed by atoms with Gasteiger partial charge in [0.15, 0.2) is 0 Å². The van der Waals surface area contributed by atoms with Crippen LogP contribution >= 0.6 is 11.9 Å². The van der Waals surface area contributed by atoms with Gasteiger partial charge in [0.05, 0.1) is 17.6 Å². The van der Waals surface area contributed by atoms with Gasteiger partial charge in [-0.05, 0) is 60.8 Å². The Balaban J connectivity index is 1.74. The molecule has 8 heteroatoms. The highest BCUT2D eigenvalue weighted by Gasteiger charge is 2.23. The molecular weight excluding hydrogens is 424 g/mol. The number of hydrogen-bond donors (Lipinski definition) is 2. The van der Waals surface area contributed by atoms with E-state index in [1.165, 1.54) is 25.8 Å². The van der Waals surface area contributed by atoms with Crippen LogP contribution in [0.5, 0.6) is 0 Å². The third-order valence-corrected chi connectivity index (χ3v) is 5.56. The van der Waals surface area contributed by atoms with Gasteiger partial charge in [0.1, 0.15) is 5.82 Å². The number of carbonyl (C=O) groups excluding carboxylic acids is 2. The highest BCUT2D eigenvalue weighted by atomic mass is 32.2. The van der Waals surface area contributed by atoms with Crippen LogP contribution in [0.25, 0.3) is 11.0 Å². The van der Waals surface area contributed by atoms with Crippen LogP contribution in [0.15, 0.2) is 47.4 Å². The molecule has 2 aromatic carbocycles. The SMILES string of the molecule is CC(=O)Nc1ccc(SNc2ccc3c(c2)nc(C(C)(C)C)n3CCCOC(C)=O)cc1. The van der Waals surface area contributed by atoms with Crippen LogP contribution in [0, 0.1) is 0 Å². The number of ether oxygens (including phenoxy) is 1. The molecule has 170 valence electrons. The van der Waals surface area contributed by atoms with Crippen LogP contribution in [0.3, 0.4) is 0 Å². The molecule has 2 N–H and O–H groups in total. The molecule has 1 aromatic heterocycles. The standard InChI is InChI=1S/C24H30N4O3S/c1-16(29)25-18-7-10-20(11-8-18)32-27-19-9-12-22-21(15-19)26-23(24(3,4)5)28(22)13-6-14-31-17(2)30/h7-12,15,27H,6,13-14H2,1-5H3,(H,25,29). The Morgan fingerprint density at radius 3 is 2.38 bits per heavy atom. The van der Waals surface area contributed by atoms with Crippen LogP contribution < -0.4 is 10.0 Å². The number of anilines is 2. The molecule has 1 amide bonds. The maximum Gasteiger partial charge on any atom is 0.302 e. The summed E-state index contributed by atoms with van der Waals surface area (Å²) >= 11 is 1.50. The largest absolute Gasteiger partial charge is 0.466 e. The number of aromatic nitrogens is 2. The first-order chi connectivity index (χ1) is 15.1. The average molecular weight is 455 g/mol. The van der Waals surface area contributed by atoms with Crippen LogP contribution in [0.2, 0.25) is 0 Å². The Kier molecular flexibility index (Phi) is 7.45. The fraction of sp³-hybridized carbons (Fsp3) is 0.375. The summed E-state index contributed by atoms with van der Waals surface area (Å²) in [5.41, 5.74) is 3.61. The topological polar surface area (TPSA) is 85.2 Å². The number of amides is 1. The van der Waals surface area contributed by atoms with E-state index in [0.717, 1.165) is 46.1 Å². The van der Waals surface area contributed by atoms with E-state index >= 15 is 0 Å². The van der Waals surface area contributed by atoms with E-state index in [2.05, 4.69) is 41.4 Å². The van der Waals surface area contributed by atoms with Crippen molar-refractivity contribution in [1.82, 2.24) is 9.55 Å². The van der Waals surface area contributed by atoms with E-state index in [4.69, 9.17) is 9.72 Å². The van der Waals surface area contributed by atoms with Crippen LogP contribution in [-0.2, 0) is 26.3 Å². The van der Waals surface area contributed by atoms with Gasteiger partial charge in [-0.2, -0.15) is 0 Å². The number of hydrogen-bond acceptors (Lipinski definition) is 6. The minimum Gasteiger partial charge on any atom is -0.466 e. The molecule has 0 saturated heterocycles. The predicted octanol–water partition coefficient (Wildman–Crippen LogP) is 5.36. The lowest BCUT2D eigenvalue weighted by Gasteiger charge is -2.20. The molecule has 0 radical (unpaired) electrons. The number of imidazole rings is 1. The average Bonchev–Trinajstić information content (AvgIpc) is 3.08. The smallest absolute Gasteiger partial charge is 0.302 e. The van der Waals surface area contributed by atoms with Gasteiger partial charge < -0.3 is 19.3 Å². The molecule has 0 saturated carbocycles. The van der Waals surface area contributed by atoms with Gasteiger partial charge in [-0.1, -0.05) is 20.8 Å². The molecule has 0 fully saturated rings. The van der Waals surface area contributed by atoms with E-state index in [1.807, 2.05) is 36.4 Å². The Labute approximate surface area is 193 Å². The first-order valence-electron chi connectivity index (χ1n) is 10.6. The Hall–Kier alpha value is -3.00. The summed E-state index contributed by atoms with van der Waals surface area (Å²) in [4.78, 5) is 28.1. The third-order valence-electron chi connectivity index (χ3n) is 4.71. The predicted molar refractivity (Wildman–Crippen MR) is 130 cm³/mol. The number of esters is 1. The highest BCUT2D eigenvalue weighted by Crippen LogP contribution is 2.30. The number of aryl methyl sites for hydroxylation is 1. The van der Waals surface area contributed by atoms with Crippen LogP contribution in [0.1, 0.15) is 46.9 Å². The summed E-state index contributed by atoms with van der Waals surface area (Å²) in [6, 6.07) is 13.8. The Bertz CT molecular complexity index is 1100. The van der Waals surface area contributed by atoms with E-state index in [9.17, 15) is 9.59 Å². The number of nitrogens with one attached hydrogen (secondary N) is 2. The fourth-order valence-electron chi connectivity index (χ4n) is 3.36. The number of nitrogens with zero attached hydrogens (tertiary/aromatic N) is 2. The van der Waals surface area contributed by atoms with Crippen molar-refractivity contribution in [2.45, 2.75) is 57.9 Å². The summed E-state index contributed by atoms with van der Waals surface area (Å²) in [6.07, 6.45) is 0.735. The monoisotopic (exact) mass is 454 g/mol. The molecule has 1 heterocycles. The summed E-state index contributed by atoms with van der Waals surface area (Å²) in [5.74, 6) is 0.667.